The summed E-state index contributed by atoms with van der Waals surface area (Å²) in [5, 5.41) is 20.3. The van der Waals surface area contributed by atoms with Crippen LogP contribution in [0.25, 0.3) is 0 Å². The fourth-order valence-corrected chi connectivity index (χ4v) is 4.12. The van der Waals surface area contributed by atoms with Gasteiger partial charge in [0.25, 0.3) is 0 Å². The van der Waals surface area contributed by atoms with Crippen molar-refractivity contribution in [2.24, 2.45) is 4.99 Å². The molecule has 3 rings (SSSR count). The second kappa shape index (κ2) is 7.96. The number of aliphatic imine (C=N–C) groups is 1. The van der Waals surface area contributed by atoms with Crippen LogP contribution in [0.5, 0.6) is 23.0 Å². The molecular formula is C19H21NO6S. The molecule has 2 aromatic rings. The summed E-state index contributed by atoms with van der Waals surface area (Å²) in [6.45, 7) is 2.13. The van der Waals surface area contributed by atoms with Crippen LogP contribution in [0.2, 0.25) is 0 Å². The van der Waals surface area contributed by atoms with Crippen LogP contribution in [0.3, 0.4) is 0 Å². The van der Waals surface area contributed by atoms with Crippen molar-refractivity contribution in [3.63, 3.8) is 0 Å². The minimum Gasteiger partial charge on any atom is -0.507 e. The van der Waals surface area contributed by atoms with E-state index in [1.54, 1.807) is 30.8 Å². The first kappa shape index (κ1) is 19.2. The van der Waals surface area contributed by atoms with Crippen molar-refractivity contribution in [2.45, 2.75) is 18.6 Å². The second-order valence-electron chi connectivity index (χ2n) is 6.07. The highest BCUT2D eigenvalue weighted by molar-refractivity contribution is 7.99. The third kappa shape index (κ3) is 3.90. The van der Waals surface area contributed by atoms with E-state index in [0.29, 0.717) is 35.9 Å². The van der Waals surface area contributed by atoms with Crippen molar-refractivity contribution in [1.29, 1.82) is 0 Å². The fourth-order valence-electron chi connectivity index (χ4n) is 3.03. The summed E-state index contributed by atoms with van der Waals surface area (Å²) in [6.07, 6.45) is 0.420. The van der Waals surface area contributed by atoms with Crippen molar-refractivity contribution in [1.82, 2.24) is 0 Å². The predicted octanol–water partition coefficient (Wildman–Crippen LogP) is 3.04. The van der Waals surface area contributed by atoms with Gasteiger partial charge in [-0.05, 0) is 24.6 Å². The number of ether oxygens (including phenoxy) is 2. The number of rotatable bonds is 4. The van der Waals surface area contributed by atoms with Crippen LogP contribution in [0, 0.1) is 6.92 Å². The lowest BCUT2D eigenvalue weighted by Crippen LogP contribution is -2.17. The predicted molar refractivity (Wildman–Crippen MR) is 104 cm³/mol. The molecule has 8 heteroatoms. The van der Waals surface area contributed by atoms with Crippen LogP contribution in [0.1, 0.15) is 28.6 Å². The molecule has 1 atom stereocenters. The van der Waals surface area contributed by atoms with Crippen molar-refractivity contribution in [3.8, 4) is 23.0 Å². The van der Waals surface area contributed by atoms with Crippen LogP contribution in [-0.4, -0.2) is 42.4 Å². The highest BCUT2D eigenvalue weighted by Crippen LogP contribution is 2.43. The first-order chi connectivity index (χ1) is 12.9. The average Bonchev–Trinajstić information content (AvgIpc) is 2.87. The normalized spacial score (nSPS) is 17.1. The molecule has 0 saturated heterocycles. The van der Waals surface area contributed by atoms with Gasteiger partial charge in [-0.2, -0.15) is 11.8 Å². The molecule has 1 unspecified atom stereocenters. The number of aromatic hydroxyl groups is 2. The number of hydrogen-bond donors (Lipinski definition) is 2. The average molecular weight is 391 g/mol. The molecule has 0 saturated carbocycles. The van der Waals surface area contributed by atoms with E-state index in [9.17, 15) is 15.0 Å². The first-order valence-electron chi connectivity index (χ1n) is 8.38. The Morgan fingerprint density at radius 2 is 1.85 bits per heavy atom. The molecule has 144 valence electrons. The highest BCUT2D eigenvalue weighted by atomic mass is 32.2. The molecule has 27 heavy (non-hydrogen) atoms. The Kier molecular flexibility index (Phi) is 5.65. The maximum atomic E-state index is 12.3. The van der Waals surface area contributed by atoms with Gasteiger partial charge in [-0.3, -0.25) is 4.99 Å². The van der Waals surface area contributed by atoms with Crippen molar-refractivity contribution >= 4 is 17.5 Å². The van der Waals surface area contributed by atoms with Gasteiger partial charge >= 0.3 is 5.63 Å². The summed E-state index contributed by atoms with van der Waals surface area (Å²) in [4.78, 5) is 16.8. The minimum absolute atomic E-state index is 0.0604. The third-order valence-electron chi connectivity index (χ3n) is 4.31. The van der Waals surface area contributed by atoms with Crippen molar-refractivity contribution < 1.29 is 24.1 Å². The van der Waals surface area contributed by atoms with Crippen LogP contribution in [0.4, 0.5) is 0 Å². The van der Waals surface area contributed by atoms with Crippen molar-refractivity contribution in [3.05, 3.63) is 45.5 Å². The summed E-state index contributed by atoms with van der Waals surface area (Å²) in [5.74, 6) is 1.52. The molecule has 0 fully saturated rings. The maximum Gasteiger partial charge on any atom is 0.348 e. The van der Waals surface area contributed by atoms with Gasteiger partial charge in [0.05, 0.1) is 19.9 Å². The van der Waals surface area contributed by atoms with Gasteiger partial charge in [-0.15, -0.1) is 0 Å². The molecule has 0 aliphatic carbocycles. The third-order valence-corrected chi connectivity index (χ3v) is 5.57. The van der Waals surface area contributed by atoms with Crippen LogP contribution < -0.4 is 15.1 Å². The molecule has 0 spiro atoms. The van der Waals surface area contributed by atoms with E-state index in [4.69, 9.17) is 13.9 Å². The summed E-state index contributed by atoms with van der Waals surface area (Å²) in [7, 11) is 2.95. The number of phenols is 1. The van der Waals surface area contributed by atoms with Gasteiger partial charge in [-0.25, -0.2) is 4.79 Å². The Morgan fingerprint density at radius 3 is 2.44 bits per heavy atom. The minimum atomic E-state index is -0.599. The lowest BCUT2D eigenvalue weighted by molar-refractivity contribution is 0.339. The number of phenolic OH excluding ortho intramolecular Hbond substituents is 1. The molecule has 2 heterocycles. The van der Waals surface area contributed by atoms with Crippen LogP contribution in [-0.2, 0) is 0 Å². The summed E-state index contributed by atoms with van der Waals surface area (Å²) < 4.78 is 15.6. The van der Waals surface area contributed by atoms with E-state index in [2.05, 4.69) is 4.99 Å². The standard InChI is InChI=1S/C19H21NO6S/c1-10-6-13(21)17(19(23)26-10)12-9-16(27-5-4-20-12)11-7-14(24-2)18(22)15(8-11)25-3/h6-8,16,21-22H,4-5,9H2,1-3H3. The van der Waals surface area contributed by atoms with Gasteiger partial charge in [0.15, 0.2) is 11.5 Å². The zero-order valence-corrected chi connectivity index (χ0v) is 16.1. The van der Waals surface area contributed by atoms with E-state index in [0.717, 1.165) is 11.3 Å². The van der Waals surface area contributed by atoms with Gasteiger partial charge in [-0.1, -0.05) is 0 Å². The largest absolute Gasteiger partial charge is 0.507 e. The SMILES string of the molecule is COc1cc(C2CC(c3c(O)cc(C)oc3=O)=NCCS2)cc(OC)c1O. The van der Waals surface area contributed by atoms with Crippen LogP contribution in [0.15, 0.2) is 32.4 Å². The number of hydrogen-bond acceptors (Lipinski definition) is 8. The Balaban J connectivity index is 2.01. The van der Waals surface area contributed by atoms with Crippen LogP contribution >= 0.6 is 11.8 Å². The Bertz CT molecular complexity index is 911. The lowest BCUT2D eigenvalue weighted by atomic mass is 10.0. The monoisotopic (exact) mass is 391 g/mol. The molecule has 0 amide bonds. The molecule has 1 aliphatic rings. The zero-order valence-electron chi connectivity index (χ0n) is 15.3. The summed E-state index contributed by atoms with van der Waals surface area (Å²) in [5.41, 5.74) is 0.878. The molecule has 0 bridgehead atoms. The Labute approximate surface area is 160 Å². The summed E-state index contributed by atoms with van der Waals surface area (Å²) in [6, 6.07) is 4.91. The number of methoxy groups -OCH3 is 2. The quantitative estimate of drug-likeness (QED) is 0.826. The molecule has 1 aromatic heterocycles. The Morgan fingerprint density at radius 1 is 1.19 bits per heavy atom. The van der Waals surface area contributed by atoms with Crippen molar-refractivity contribution in [2.75, 3.05) is 26.5 Å². The van der Waals surface area contributed by atoms with E-state index in [1.807, 2.05) is 0 Å². The lowest BCUT2D eigenvalue weighted by Gasteiger charge is -2.18. The zero-order chi connectivity index (χ0) is 19.6. The molecule has 0 radical (unpaired) electrons. The van der Waals surface area contributed by atoms with Gasteiger partial charge in [0.1, 0.15) is 17.1 Å². The molecule has 7 nitrogen and oxygen atoms in total. The first-order valence-corrected chi connectivity index (χ1v) is 9.43. The molecule has 1 aromatic carbocycles. The van der Waals surface area contributed by atoms with E-state index >= 15 is 0 Å². The fraction of sp³-hybridized carbons (Fsp3) is 0.368. The maximum absolute atomic E-state index is 12.3. The number of nitrogens with zero attached hydrogens (tertiary/aromatic N) is 1. The second-order valence-corrected chi connectivity index (χ2v) is 7.38. The van der Waals surface area contributed by atoms with Gasteiger partial charge in [0.2, 0.25) is 5.75 Å². The van der Waals surface area contributed by atoms with E-state index < -0.39 is 5.63 Å². The van der Waals surface area contributed by atoms with E-state index in [-0.39, 0.29) is 22.3 Å². The number of thioether (sulfide) groups is 1. The molecule has 2 N–H and O–H groups in total. The highest BCUT2D eigenvalue weighted by Gasteiger charge is 2.25. The number of aryl methyl sites for hydroxylation is 1. The molecular weight excluding hydrogens is 370 g/mol. The summed E-state index contributed by atoms with van der Waals surface area (Å²) >= 11 is 1.67. The smallest absolute Gasteiger partial charge is 0.348 e. The van der Waals surface area contributed by atoms with E-state index in [1.165, 1.54) is 20.3 Å². The topological polar surface area (TPSA) is 101 Å². The number of benzene rings is 1. The molecule has 1 aliphatic heterocycles. The van der Waals surface area contributed by atoms with Gasteiger partial charge in [0, 0.05) is 30.0 Å². The van der Waals surface area contributed by atoms with Gasteiger partial charge < -0.3 is 24.1 Å². The Hall–Kier alpha value is -2.61.